The summed E-state index contributed by atoms with van der Waals surface area (Å²) in [4.78, 5) is 30.0. The third kappa shape index (κ3) is 5.28. The number of carbonyl (C=O) groups excluding carboxylic acids is 3. The fourth-order valence-corrected chi connectivity index (χ4v) is 0.427. The van der Waals surface area contributed by atoms with E-state index in [2.05, 4.69) is 0 Å². The highest BCUT2D eigenvalue weighted by molar-refractivity contribution is 6.83. The van der Waals surface area contributed by atoms with Gasteiger partial charge in [0.25, 0.3) is 0 Å². The minimum absolute atomic E-state index is 0.0946. The van der Waals surface area contributed by atoms with E-state index >= 15 is 0 Å². The molecule has 0 heterocycles. The molecule has 0 aromatic carbocycles. The van der Waals surface area contributed by atoms with Crippen molar-refractivity contribution in [3.8, 4) is 0 Å². The summed E-state index contributed by atoms with van der Waals surface area (Å²) in [5, 5.41) is 0. The van der Waals surface area contributed by atoms with Crippen LogP contribution in [0.2, 0.25) is 12.6 Å². The number of carbonyl (C=O) groups is 3. The van der Waals surface area contributed by atoms with Crippen LogP contribution in [-0.4, -0.2) is 32.7 Å². The lowest BCUT2D eigenvalue weighted by molar-refractivity contribution is -0.111. The monoisotopic (exact) mass is 136 g/mol. The standard InChI is InChI=1S/C5H6B2O3/c8-2-1-7-5(10)3-6-4-9/h2,4H,1,3H2. The molecule has 0 rings (SSSR count). The van der Waals surface area contributed by atoms with E-state index in [0.29, 0.717) is 12.5 Å². The third-order valence-corrected chi connectivity index (χ3v) is 0.857. The molecule has 0 aromatic heterocycles. The van der Waals surface area contributed by atoms with E-state index in [0.717, 1.165) is 0 Å². The Hall–Kier alpha value is -0.860. The zero-order chi connectivity index (χ0) is 7.82. The molecule has 0 saturated heterocycles. The molecule has 0 aliphatic heterocycles. The van der Waals surface area contributed by atoms with Gasteiger partial charge >= 0.3 is 0 Å². The average molecular weight is 136 g/mol. The van der Waals surface area contributed by atoms with Gasteiger partial charge in [0.1, 0.15) is 6.29 Å². The van der Waals surface area contributed by atoms with E-state index in [4.69, 9.17) is 0 Å². The van der Waals surface area contributed by atoms with Crippen LogP contribution >= 0.6 is 0 Å². The molecule has 0 aliphatic rings. The fourth-order valence-electron chi connectivity index (χ4n) is 0.427. The van der Waals surface area contributed by atoms with E-state index in [9.17, 15) is 14.4 Å². The lowest BCUT2D eigenvalue weighted by atomic mass is 9.61. The second kappa shape index (κ2) is 6.26. The van der Waals surface area contributed by atoms with Crippen LogP contribution in [0, 0.1) is 0 Å². The zero-order valence-corrected chi connectivity index (χ0v) is 5.45. The summed E-state index contributed by atoms with van der Waals surface area (Å²) in [6.45, 7) is 0. The minimum Gasteiger partial charge on any atom is -0.316 e. The SMILES string of the molecule is O=C[B]CC(=O)[B]CC=O. The lowest BCUT2D eigenvalue weighted by Gasteiger charge is -1.87. The van der Waals surface area contributed by atoms with Gasteiger partial charge in [-0.3, -0.25) is 0 Å². The van der Waals surface area contributed by atoms with Crippen molar-refractivity contribution in [2.24, 2.45) is 0 Å². The topological polar surface area (TPSA) is 51.2 Å². The molecule has 0 bridgehead atoms. The van der Waals surface area contributed by atoms with E-state index in [1.807, 2.05) is 0 Å². The van der Waals surface area contributed by atoms with Gasteiger partial charge in [0.15, 0.2) is 0 Å². The Bertz CT molecular complexity index is 121. The van der Waals surface area contributed by atoms with Crippen molar-refractivity contribution in [3.63, 3.8) is 0 Å². The summed E-state index contributed by atoms with van der Waals surface area (Å²) in [6, 6.07) is 0. The van der Waals surface area contributed by atoms with Crippen molar-refractivity contribution in [2.45, 2.75) is 12.6 Å². The Morgan fingerprint density at radius 1 is 1.40 bits per heavy atom. The molecular weight excluding hydrogens is 130 g/mol. The first-order valence-electron chi connectivity index (χ1n) is 2.88. The molecule has 0 N–H and O–H groups in total. The van der Waals surface area contributed by atoms with Gasteiger partial charge in [-0.15, -0.1) is 0 Å². The number of rotatable bonds is 6. The largest absolute Gasteiger partial charge is 0.316 e. The van der Waals surface area contributed by atoms with Crippen molar-refractivity contribution in [1.29, 1.82) is 0 Å². The van der Waals surface area contributed by atoms with Crippen LogP contribution in [0.15, 0.2) is 0 Å². The molecule has 0 unspecified atom stereocenters. The van der Waals surface area contributed by atoms with E-state index in [1.54, 1.807) is 0 Å². The molecule has 0 fully saturated rings. The van der Waals surface area contributed by atoms with Crippen molar-refractivity contribution in [3.05, 3.63) is 0 Å². The minimum atomic E-state index is -0.195. The number of hydrogen-bond acceptors (Lipinski definition) is 3. The van der Waals surface area contributed by atoms with Crippen LogP contribution in [0.3, 0.4) is 0 Å². The smallest absolute Gasteiger partial charge is 0.208 e. The lowest BCUT2D eigenvalue weighted by Crippen LogP contribution is -2.11. The van der Waals surface area contributed by atoms with E-state index in [-0.39, 0.29) is 18.3 Å². The number of aldehydes is 1. The van der Waals surface area contributed by atoms with Crippen LogP contribution in [0.4, 0.5) is 0 Å². The summed E-state index contributed by atoms with van der Waals surface area (Å²) in [6.07, 6.45) is 1.42. The normalized spacial score (nSPS) is 8.00. The average Bonchev–Trinajstić information content (AvgIpc) is 1.97. The first-order chi connectivity index (χ1) is 4.81. The quantitative estimate of drug-likeness (QED) is 0.352. The van der Waals surface area contributed by atoms with Gasteiger partial charge in [0.05, 0.1) is 11.9 Å². The summed E-state index contributed by atoms with van der Waals surface area (Å²) in [5.74, 6) is 0. The Balaban J connectivity index is 3.24. The first kappa shape index (κ1) is 9.14. The van der Waals surface area contributed by atoms with Crippen molar-refractivity contribution in [2.75, 3.05) is 0 Å². The predicted molar refractivity (Wildman–Crippen MR) is 38.9 cm³/mol. The van der Waals surface area contributed by atoms with Gasteiger partial charge in [0.2, 0.25) is 14.6 Å². The maximum absolute atomic E-state index is 10.6. The van der Waals surface area contributed by atoms with Crippen LogP contribution in [-0.2, 0) is 14.4 Å². The second-order valence-electron chi connectivity index (χ2n) is 1.65. The highest BCUT2D eigenvalue weighted by Gasteiger charge is 2.02. The Morgan fingerprint density at radius 3 is 2.60 bits per heavy atom. The molecule has 0 aromatic rings. The van der Waals surface area contributed by atoms with E-state index < -0.39 is 0 Å². The zero-order valence-electron chi connectivity index (χ0n) is 5.45. The molecule has 0 amide bonds. The molecule has 5 heteroatoms. The molecule has 0 saturated carbocycles. The van der Waals surface area contributed by atoms with Crippen LogP contribution in [0.1, 0.15) is 0 Å². The van der Waals surface area contributed by atoms with Gasteiger partial charge in [-0.05, 0) is 12.6 Å². The Labute approximate surface area is 60.7 Å². The molecule has 0 spiro atoms. The van der Waals surface area contributed by atoms with Gasteiger partial charge in [0, 0.05) is 0 Å². The molecule has 50 valence electrons. The van der Waals surface area contributed by atoms with Gasteiger partial charge < -0.3 is 14.4 Å². The Morgan fingerprint density at radius 2 is 2.10 bits per heavy atom. The van der Waals surface area contributed by atoms with E-state index in [1.165, 1.54) is 14.6 Å². The predicted octanol–water partition coefficient (Wildman–Crippen LogP) is -0.853. The van der Waals surface area contributed by atoms with Gasteiger partial charge in [-0.25, -0.2) is 0 Å². The fraction of sp³-hybridized carbons (Fsp3) is 0.400. The molecule has 0 aliphatic carbocycles. The maximum atomic E-state index is 10.6. The first-order valence-corrected chi connectivity index (χ1v) is 2.88. The summed E-state index contributed by atoms with van der Waals surface area (Å²) < 4.78 is 0. The molecular formula is C5H6B2O3. The summed E-state index contributed by atoms with van der Waals surface area (Å²) in [7, 11) is 2.47. The van der Waals surface area contributed by atoms with Crippen LogP contribution < -0.4 is 0 Å². The highest BCUT2D eigenvalue weighted by atomic mass is 16.1. The summed E-state index contributed by atoms with van der Waals surface area (Å²) in [5.41, 5.74) is -0.195. The maximum Gasteiger partial charge on any atom is 0.208 e. The van der Waals surface area contributed by atoms with Crippen molar-refractivity contribution >= 4 is 32.7 Å². The van der Waals surface area contributed by atoms with Gasteiger partial charge in [-0.1, -0.05) is 0 Å². The molecule has 0 atom stereocenters. The third-order valence-electron chi connectivity index (χ3n) is 0.857. The van der Waals surface area contributed by atoms with Crippen LogP contribution in [0.5, 0.6) is 0 Å². The Kier molecular flexibility index (Phi) is 5.72. The molecule has 2 radical (unpaired) electrons. The van der Waals surface area contributed by atoms with Crippen molar-refractivity contribution in [1.82, 2.24) is 0 Å². The van der Waals surface area contributed by atoms with Crippen molar-refractivity contribution < 1.29 is 14.4 Å². The summed E-state index contributed by atoms with van der Waals surface area (Å²) >= 11 is 0. The second-order valence-corrected chi connectivity index (χ2v) is 1.65. The molecule has 3 nitrogen and oxygen atoms in total. The highest BCUT2D eigenvalue weighted by Crippen LogP contribution is 1.81. The van der Waals surface area contributed by atoms with Gasteiger partial charge in [-0.2, -0.15) is 0 Å². The van der Waals surface area contributed by atoms with Crippen LogP contribution in [0.25, 0.3) is 0 Å². The number of hydrogen-bond donors (Lipinski definition) is 0. The molecule has 10 heavy (non-hydrogen) atoms.